The van der Waals surface area contributed by atoms with Crippen LogP contribution in [0.5, 0.6) is 0 Å². The van der Waals surface area contributed by atoms with Crippen molar-refractivity contribution >= 4 is 17.2 Å². The van der Waals surface area contributed by atoms with Crippen molar-refractivity contribution < 1.29 is 5.48 Å². The van der Waals surface area contributed by atoms with Crippen LogP contribution >= 0.6 is 17.2 Å². The molecule has 0 radical (unpaired) electrons. The number of allylic oxidation sites excluding steroid dienone is 4. The molecule has 4 aliphatic rings. The molecule has 3 fully saturated rings. The molecule has 3 saturated carbocycles. The van der Waals surface area contributed by atoms with Gasteiger partial charge in [0.15, 0.2) is 0 Å². The third-order valence-electron chi connectivity index (χ3n) is 6.04. The van der Waals surface area contributed by atoms with E-state index in [-0.39, 0.29) is 5.48 Å². The van der Waals surface area contributed by atoms with E-state index in [2.05, 4.69) is 37.6 Å². The van der Waals surface area contributed by atoms with Crippen LogP contribution in [0, 0.1) is 17.3 Å². The van der Waals surface area contributed by atoms with E-state index in [0.29, 0.717) is 5.41 Å². The molecule has 0 amide bonds. The molecular weight excluding hydrogens is 342 g/mol. The predicted molar refractivity (Wildman–Crippen MR) is 120 cm³/mol. The van der Waals surface area contributed by atoms with Gasteiger partial charge in [-0.05, 0) is 56.8 Å². The van der Waals surface area contributed by atoms with Gasteiger partial charge in [-0.1, -0.05) is 75.7 Å². The molecule has 0 bridgehead atoms. The highest BCUT2D eigenvalue weighted by molar-refractivity contribution is 7.37. The van der Waals surface area contributed by atoms with Crippen LogP contribution in [0.1, 0.15) is 70.6 Å². The van der Waals surface area contributed by atoms with E-state index in [0.717, 1.165) is 11.8 Å². The number of hydrogen-bond acceptors (Lipinski definition) is 0. The summed E-state index contributed by atoms with van der Waals surface area (Å²) in [6.07, 6.45) is 28.4. The summed E-state index contributed by atoms with van der Waals surface area (Å²) in [4.78, 5) is 0. The topological polar surface area (TPSA) is 31.5 Å². The van der Waals surface area contributed by atoms with Gasteiger partial charge in [-0.15, -0.1) is 17.2 Å². The van der Waals surface area contributed by atoms with E-state index < -0.39 is 0 Å². The van der Waals surface area contributed by atoms with Crippen molar-refractivity contribution in [2.75, 3.05) is 25.7 Å². The van der Waals surface area contributed by atoms with Gasteiger partial charge in [0.2, 0.25) is 0 Å². The Kier molecular flexibility index (Phi) is 12.6. The Balaban J connectivity index is 0.000000185. The second-order valence-electron chi connectivity index (χ2n) is 8.20. The molecule has 0 aromatic carbocycles. The molecule has 2 unspecified atom stereocenters. The third-order valence-corrected chi connectivity index (χ3v) is 7.81. The van der Waals surface area contributed by atoms with Crippen molar-refractivity contribution in [3.63, 3.8) is 0 Å². The average Bonchev–Trinajstić information content (AvgIpc) is 3.07. The first-order valence-electron chi connectivity index (χ1n) is 10.4. The van der Waals surface area contributed by atoms with Crippen LogP contribution in [0.25, 0.3) is 0 Å². The van der Waals surface area contributed by atoms with Gasteiger partial charge >= 0.3 is 0 Å². The summed E-state index contributed by atoms with van der Waals surface area (Å²) in [6, 6.07) is 0. The van der Waals surface area contributed by atoms with Crippen LogP contribution in [-0.2, 0) is 0 Å². The Morgan fingerprint density at radius 3 is 1.72 bits per heavy atom. The van der Waals surface area contributed by atoms with Gasteiger partial charge in [-0.2, -0.15) is 0 Å². The smallest absolute Gasteiger partial charge is 0.00680 e. The van der Waals surface area contributed by atoms with Gasteiger partial charge in [0, 0.05) is 5.41 Å². The predicted octanol–water partition coefficient (Wildman–Crippen LogP) is 6.43. The Bertz CT molecular complexity index is 361. The Morgan fingerprint density at radius 2 is 1.32 bits per heavy atom. The Hall–Kier alpha value is 0.300. The quantitative estimate of drug-likeness (QED) is 0.489. The van der Waals surface area contributed by atoms with E-state index in [9.17, 15) is 0 Å². The van der Waals surface area contributed by atoms with Crippen LogP contribution < -0.4 is 0 Å². The minimum absolute atomic E-state index is 0. The first-order valence-corrected chi connectivity index (χ1v) is 13.9. The summed E-state index contributed by atoms with van der Waals surface area (Å²) in [7, 11) is 2.38. The standard InChI is InChI=1S/C8H17P.C7H15P.C7H8.H2O/c1-9-7-6-8-4-2-3-5-8;1-8-6-7-4-2-3-5-7;1-2-4-7(3-1)5-6-7;/h8-9H,2-7H2,1H3;7-8H,2-6H2,1H3;1-4H,5-6H2;1H2. The summed E-state index contributed by atoms with van der Waals surface area (Å²) >= 11 is 0. The fraction of sp³-hybridized carbons (Fsp3) is 0.818. The van der Waals surface area contributed by atoms with E-state index in [1.165, 1.54) is 100 Å². The molecule has 146 valence electrons. The normalized spacial score (nSPS) is 23.9. The Labute approximate surface area is 160 Å². The van der Waals surface area contributed by atoms with Gasteiger partial charge in [0.25, 0.3) is 0 Å². The average molecular weight is 385 g/mol. The molecule has 2 atom stereocenters. The van der Waals surface area contributed by atoms with Crippen LogP contribution in [-0.4, -0.2) is 31.1 Å². The molecule has 3 heteroatoms. The SMILES string of the molecule is C1=CC2(C=C1)CC2.CPCC1CCCC1.CPCCC1CCCC1.O. The highest BCUT2D eigenvalue weighted by atomic mass is 31.1. The molecule has 1 nitrogen and oxygen atoms in total. The minimum Gasteiger partial charge on any atom is -0.412 e. The summed E-state index contributed by atoms with van der Waals surface area (Å²) in [5.74, 6) is 2.25. The lowest BCUT2D eigenvalue weighted by atomic mass is 10.1. The molecular formula is C22H42OP2. The molecule has 25 heavy (non-hydrogen) atoms. The van der Waals surface area contributed by atoms with Crippen molar-refractivity contribution in [2.45, 2.75) is 70.6 Å². The zero-order valence-corrected chi connectivity index (χ0v) is 18.7. The molecule has 4 aliphatic carbocycles. The summed E-state index contributed by atoms with van der Waals surface area (Å²) in [5, 5.41) is 0. The highest BCUT2D eigenvalue weighted by Gasteiger charge is 2.38. The third kappa shape index (κ3) is 9.70. The first kappa shape index (κ1) is 23.3. The monoisotopic (exact) mass is 384 g/mol. The molecule has 2 N–H and O–H groups in total. The second-order valence-corrected chi connectivity index (χ2v) is 10.5. The molecule has 0 aromatic heterocycles. The summed E-state index contributed by atoms with van der Waals surface area (Å²) in [5.41, 5.74) is 0.583. The van der Waals surface area contributed by atoms with E-state index >= 15 is 0 Å². The fourth-order valence-corrected chi connectivity index (χ4v) is 5.86. The van der Waals surface area contributed by atoms with Crippen LogP contribution in [0.3, 0.4) is 0 Å². The van der Waals surface area contributed by atoms with Crippen LogP contribution in [0.4, 0.5) is 0 Å². The van der Waals surface area contributed by atoms with Gasteiger partial charge in [0.05, 0.1) is 0 Å². The summed E-state index contributed by atoms with van der Waals surface area (Å²) < 4.78 is 0. The van der Waals surface area contributed by atoms with E-state index in [4.69, 9.17) is 0 Å². The summed E-state index contributed by atoms with van der Waals surface area (Å²) in [6.45, 7) is 4.63. The van der Waals surface area contributed by atoms with Gasteiger partial charge in [-0.25, -0.2) is 0 Å². The lowest BCUT2D eigenvalue weighted by molar-refractivity contribution is 0.534. The van der Waals surface area contributed by atoms with E-state index in [1.807, 2.05) is 0 Å². The van der Waals surface area contributed by atoms with Crippen molar-refractivity contribution in [1.29, 1.82) is 0 Å². The van der Waals surface area contributed by atoms with Crippen molar-refractivity contribution in [3.05, 3.63) is 24.3 Å². The number of hydrogen-bond donors (Lipinski definition) is 0. The molecule has 0 saturated heterocycles. The van der Waals surface area contributed by atoms with Crippen LogP contribution in [0.2, 0.25) is 0 Å². The lowest BCUT2D eigenvalue weighted by Crippen LogP contribution is -1.93. The number of rotatable bonds is 5. The van der Waals surface area contributed by atoms with Crippen molar-refractivity contribution in [3.8, 4) is 0 Å². The zero-order valence-electron chi connectivity index (χ0n) is 16.7. The highest BCUT2D eigenvalue weighted by Crippen LogP contribution is 2.50. The second kappa shape index (κ2) is 13.5. The molecule has 1 spiro atoms. The maximum Gasteiger partial charge on any atom is 0.00680 e. The minimum atomic E-state index is 0. The van der Waals surface area contributed by atoms with Crippen LogP contribution in [0.15, 0.2) is 24.3 Å². The molecule has 0 aliphatic heterocycles. The largest absolute Gasteiger partial charge is 0.412 e. The zero-order chi connectivity index (χ0) is 17.1. The molecule has 0 heterocycles. The lowest BCUT2D eigenvalue weighted by Gasteiger charge is -2.05. The van der Waals surface area contributed by atoms with Crippen molar-refractivity contribution in [1.82, 2.24) is 0 Å². The Morgan fingerprint density at radius 1 is 0.800 bits per heavy atom. The van der Waals surface area contributed by atoms with Gasteiger partial charge in [0.1, 0.15) is 0 Å². The fourth-order valence-electron chi connectivity index (χ4n) is 4.18. The first-order chi connectivity index (χ1) is 11.8. The maximum absolute atomic E-state index is 2.32. The van der Waals surface area contributed by atoms with Gasteiger partial charge < -0.3 is 5.48 Å². The molecule has 0 aromatic rings. The van der Waals surface area contributed by atoms with Crippen molar-refractivity contribution in [2.24, 2.45) is 17.3 Å². The van der Waals surface area contributed by atoms with E-state index in [1.54, 1.807) is 0 Å². The maximum atomic E-state index is 2.32. The van der Waals surface area contributed by atoms with Gasteiger partial charge in [-0.3, -0.25) is 0 Å². The molecule has 4 rings (SSSR count).